The minimum absolute atomic E-state index is 0.361. The van der Waals surface area contributed by atoms with Crippen LogP contribution in [-0.2, 0) is 24.1 Å². The van der Waals surface area contributed by atoms with Crippen LogP contribution in [0.15, 0.2) is 18.2 Å². The summed E-state index contributed by atoms with van der Waals surface area (Å²) in [5, 5.41) is 3.53. The monoisotopic (exact) mass is 261 g/mol. The third-order valence-electron chi connectivity index (χ3n) is 3.69. The van der Waals surface area contributed by atoms with E-state index in [1.807, 2.05) is 0 Å². The van der Waals surface area contributed by atoms with Crippen molar-refractivity contribution in [3.05, 3.63) is 34.9 Å². The topological polar surface area (TPSA) is 21.3 Å². The molecule has 0 unspecified atom stereocenters. The zero-order valence-electron chi connectivity index (χ0n) is 12.4. The van der Waals surface area contributed by atoms with Gasteiger partial charge in [0.05, 0.1) is 6.10 Å². The second kappa shape index (κ2) is 7.66. The molecule has 1 aromatic rings. The van der Waals surface area contributed by atoms with Gasteiger partial charge in [-0.3, -0.25) is 0 Å². The number of unbranched alkanes of at least 4 members (excludes halogenated alkanes) is 1. The van der Waals surface area contributed by atoms with E-state index in [-0.39, 0.29) is 0 Å². The van der Waals surface area contributed by atoms with Crippen LogP contribution in [-0.4, -0.2) is 19.3 Å². The van der Waals surface area contributed by atoms with Gasteiger partial charge < -0.3 is 10.1 Å². The Bertz CT molecular complexity index is 387. The van der Waals surface area contributed by atoms with Crippen molar-refractivity contribution in [2.24, 2.45) is 0 Å². The minimum atomic E-state index is 0.361. The molecule has 0 radical (unpaired) electrons. The predicted octanol–water partition coefficient (Wildman–Crippen LogP) is 3.47. The first-order valence-electron chi connectivity index (χ1n) is 7.68. The molecule has 19 heavy (non-hydrogen) atoms. The van der Waals surface area contributed by atoms with E-state index in [4.69, 9.17) is 4.74 Å². The molecule has 2 nitrogen and oxygen atoms in total. The summed E-state index contributed by atoms with van der Waals surface area (Å²) >= 11 is 0. The Morgan fingerprint density at radius 2 is 2.00 bits per heavy atom. The molecule has 0 heterocycles. The molecule has 2 heteroatoms. The molecule has 0 bridgehead atoms. The van der Waals surface area contributed by atoms with Crippen LogP contribution in [0.4, 0.5) is 0 Å². The van der Waals surface area contributed by atoms with Gasteiger partial charge in [0.2, 0.25) is 0 Å². The molecule has 0 atom stereocenters. The fraction of sp³-hybridized carbons (Fsp3) is 0.647. The van der Waals surface area contributed by atoms with Crippen LogP contribution in [0.2, 0.25) is 0 Å². The maximum atomic E-state index is 5.53. The smallest absolute Gasteiger partial charge is 0.0518 e. The fourth-order valence-electron chi connectivity index (χ4n) is 2.64. The van der Waals surface area contributed by atoms with E-state index < -0.39 is 0 Å². The number of nitrogens with one attached hydrogen (secondary N) is 1. The van der Waals surface area contributed by atoms with Crippen LogP contribution in [0.1, 0.15) is 49.8 Å². The van der Waals surface area contributed by atoms with Gasteiger partial charge in [0.1, 0.15) is 0 Å². The third kappa shape index (κ3) is 4.96. The average Bonchev–Trinajstić information content (AvgIpc) is 2.84. The highest BCUT2D eigenvalue weighted by atomic mass is 16.5. The molecule has 0 amide bonds. The molecule has 0 fully saturated rings. The quantitative estimate of drug-likeness (QED) is 0.724. The van der Waals surface area contributed by atoms with Crippen molar-refractivity contribution in [3.63, 3.8) is 0 Å². The lowest BCUT2D eigenvalue weighted by Gasteiger charge is -2.09. The van der Waals surface area contributed by atoms with E-state index in [0.29, 0.717) is 6.10 Å². The molecule has 1 aliphatic carbocycles. The first-order valence-corrected chi connectivity index (χ1v) is 7.68. The number of rotatable bonds is 8. The Morgan fingerprint density at radius 1 is 1.16 bits per heavy atom. The molecule has 1 aromatic carbocycles. The van der Waals surface area contributed by atoms with E-state index in [1.165, 1.54) is 31.2 Å². The van der Waals surface area contributed by atoms with Crippen LogP contribution >= 0.6 is 0 Å². The molecule has 2 rings (SSSR count). The lowest BCUT2D eigenvalue weighted by atomic mass is 10.1. The van der Waals surface area contributed by atoms with E-state index >= 15 is 0 Å². The van der Waals surface area contributed by atoms with Crippen molar-refractivity contribution < 1.29 is 4.74 Å². The van der Waals surface area contributed by atoms with Crippen LogP contribution in [0.25, 0.3) is 0 Å². The molecule has 0 aromatic heterocycles. The molecule has 0 aliphatic heterocycles. The average molecular weight is 261 g/mol. The van der Waals surface area contributed by atoms with Crippen molar-refractivity contribution >= 4 is 0 Å². The first-order chi connectivity index (χ1) is 9.25. The molecule has 0 saturated heterocycles. The van der Waals surface area contributed by atoms with Gasteiger partial charge in [-0.25, -0.2) is 0 Å². The van der Waals surface area contributed by atoms with Gasteiger partial charge >= 0.3 is 0 Å². The number of benzene rings is 1. The molecule has 1 aliphatic rings. The predicted molar refractivity (Wildman–Crippen MR) is 80.5 cm³/mol. The largest absolute Gasteiger partial charge is 0.379 e. The summed E-state index contributed by atoms with van der Waals surface area (Å²) in [7, 11) is 0. The van der Waals surface area contributed by atoms with Gasteiger partial charge in [0, 0.05) is 13.2 Å². The summed E-state index contributed by atoms with van der Waals surface area (Å²) < 4.78 is 5.53. The Balaban J connectivity index is 1.58. The number of fused-ring (bicyclic) bond motifs is 1. The van der Waals surface area contributed by atoms with Gasteiger partial charge in [-0.1, -0.05) is 18.2 Å². The van der Waals surface area contributed by atoms with E-state index in [1.54, 1.807) is 11.1 Å². The SMILES string of the molecule is CC(C)OCCCCNCc1ccc2c(c1)CCC2. The minimum Gasteiger partial charge on any atom is -0.379 e. The fourth-order valence-corrected chi connectivity index (χ4v) is 2.64. The first kappa shape index (κ1) is 14.5. The third-order valence-corrected chi connectivity index (χ3v) is 3.69. The Hall–Kier alpha value is -0.860. The van der Waals surface area contributed by atoms with Crippen LogP contribution < -0.4 is 5.32 Å². The summed E-state index contributed by atoms with van der Waals surface area (Å²) in [6.07, 6.45) is 6.59. The van der Waals surface area contributed by atoms with Crippen molar-refractivity contribution in [1.29, 1.82) is 0 Å². The lowest BCUT2D eigenvalue weighted by molar-refractivity contribution is 0.0760. The van der Waals surface area contributed by atoms with Crippen molar-refractivity contribution in [1.82, 2.24) is 5.32 Å². The number of hydrogen-bond donors (Lipinski definition) is 1. The maximum absolute atomic E-state index is 5.53. The highest BCUT2D eigenvalue weighted by Gasteiger charge is 2.10. The highest BCUT2D eigenvalue weighted by molar-refractivity contribution is 5.35. The summed E-state index contributed by atoms with van der Waals surface area (Å²) in [6, 6.07) is 6.98. The number of hydrogen-bond acceptors (Lipinski definition) is 2. The molecule has 106 valence electrons. The van der Waals surface area contributed by atoms with Crippen LogP contribution in [0, 0.1) is 0 Å². The molecular weight excluding hydrogens is 234 g/mol. The summed E-state index contributed by atoms with van der Waals surface area (Å²) in [5.41, 5.74) is 4.57. The summed E-state index contributed by atoms with van der Waals surface area (Å²) in [5.74, 6) is 0. The zero-order valence-corrected chi connectivity index (χ0v) is 12.4. The Kier molecular flexibility index (Phi) is 5.87. The molecule has 0 spiro atoms. The van der Waals surface area contributed by atoms with Gasteiger partial charge in [-0.15, -0.1) is 0 Å². The van der Waals surface area contributed by atoms with Gasteiger partial charge in [-0.05, 0) is 69.2 Å². The van der Waals surface area contributed by atoms with Crippen molar-refractivity contribution in [2.45, 2.75) is 58.6 Å². The van der Waals surface area contributed by atoms with Crippen molar-refractivity contribution in [3.8, 4) is 0 Å². The molecule has 1 N–H and O–H groups in total. The van der Waals surface area contributed by atoms with Crippen LogP contribution in [0.3, 0.4) is 0 Å². The standard InChI is InChI=1S/C17H27NO/c1-14(2)19-11-4-3-10-18-13-15-8-9-16-6-5-7-17(16)12-15/h8-9,12,14,18H,3-7,10-11,13H2,1-2H3. The van der Waals surface area contributed by atoms with E-state index in [0.717, 1.165) is 26.1 Å². The zero-order chi connectivity index (χ0) is 13.5. The van der Waals surface area contributed by atoms with Crippen LogP contribution in [0.5, 0.6) is 0 Å². The summed E-state index contributed by atoms with van der Waals surface area (Å²) in [4.78, 5) is 0. The van der Waals surface area contributed by atoms with Gasteiger partial charge in [0.15, 0.2) is 0 Å². The summed E-state index contributed by atoms with van der Waals surface area (Å²) in [6.45, 7) is 7.15. The Morgan fingerprint density at radius 3 is 2.84 bits per heavy atom. The number of ether oxygens (including phenoxy) is 1. The lowest BCUT2D eigenvalue weighted by Crippen LogP contribution is -2.15. The van der Waals surface area contributed by atoms with Gasteiger partial charge in [0.25, 0.3) is 0 Å². The van der Waals surface area contributed by atoms with Gasteiger partial charge in [-0.2, -0.15) is 0 Å². The number of aryl methyl sites for hydroxylation is 2. The second-order valence-corrected chi connectivity index (χ2v) is 5.76. The normalized spacial score (nSPS) is 14.1. The molecular formula is C17H27NO. The maximum Gasteiger partial charge on any atom is 0.0518 e. The Labute approximate surface area is 117 Å². The second-order valence-electron chi connectivity index (χ2n) is 5.76. The van der Waals surface area contributed by atoms with E-state index in [2.05, 4.69) is 37.4 Å². The van der Waals surface area contributed by atoms with Crippen molar-refractivity contribution in [2.75, 3.05) is 13.2 Å². The van der Waals surface area contributed by atoms with E-state index in [9.17, 15) is 0 Å². The molecule has 0 saturated carbocycles. The highest BCUT2D eigenvalue weighted by Crippen LogP contribution is 2.22.